The molecule has 6 heteroatoms. The van der Waals surface area contributed by atoms with Crippen LogP contribution in [0.5, 0.6) is 0 Å². The molecule has 0 radical (unpaired) electrons. The van der Waals surface area contributed by atoms with E-state index in [1.165, 1.54) is 5.56 Å². The van der Waals surface area contributed by atoms with Gasteiger partial charge in [-0.2, -0.15) is 0 Å². The summed E-state index contributed by atoms with van der Waals surface area (Å²) < 4.78 is 5.81. The smallest absolute Gasteiger partial charge is 0.251 e. The highest BCUT2D eigenvalue weighted by Gasteiger charge is 2.22. The van der Waals surface area contributed by atoms with Crippen LogP contribution in [-0.2, 0) is 16.0 Å². The summed E-state index contributed by atoms with van der Waals surface area (Å²) in [5, 5.41) is 8.71. The molecule has 0 unspecified atom stereocenters. The summed E-state index contributed by atoms with van der Waals surface area (Å²) in [6.07, 6.45) is 0.769. The van der Waals surface area contributed by atoms with Crippen LogP contribution in [0.1, 0.15) is 27.6 Å². The second kappa shape index (κ2) is 6.57. The molecule has 128 valence electrons. The van der Waals surface area contributed by atoms with Gasteiger partial charge in [-0.15, -0.1) is 0 Å². The van der Waals surface area contributed by atoms with E-state index in [1.54, 1.807) is 18.2 Å². The van der Waals surface area contributed by atoms with E-state index in [4.69, 9.17) is 4.74 Å². The Balaban J connectivity index is 1.45. The van der Waals surface area contributed by atoms with Crippen molar-refractivity contribution in [3.8, 4) is 0 Å². The van der Waals surface area contributed by atoms with Crippen LogP contribution in [0.4, 0.5) is 11.4 Å². The van der Waals surface area contributed by atoms with Crippen molar-refractivity contribution in [3.05, 3.63) is 59.2 Å². The third-order valence-corrected chi connectivity index (χ3v) is 4.54. The molecule has 2 aliphatic heterocycles. The molecule has 0 bridgehead atoms. The molecule has 0 aliphatic carbocycles. The fourth-order valence-electron chi connectivity index (χ4n) is 3.25. The molecule has 0 saturated carbocycles. The predicted molar refractivity (Wildman–Crippen MR) is 94.7 cm³/mol. The van der Waals surface area contributed by atoms with Crippen molar-refractivity contribution in [1.29, 1.82) is 0 Å². The van der Waals surface area contributed by atoms with E-state index in [1.807, 2.05) is 18.2 Å². The van der Waals surface area contributed by atoms with Crippen molar-refractivity contribution in [1.82, 2.24) is 5.32 Å². The zero-order chi connectivity index (χ0) is 17.2. The Kier molecular flexibility index (Phi) is 4.11. The third kappa shape index (κ3) is 3.21. The molecule has 2 aromatic rings. The molecule has 2 amide bonds. The number of anilines is 2. The van der Waals surface area contributed by atoms with Gasteiger partial charge in [0.25, 0.3) is 5.91 Å². The monoisotopic (exact) mass is 337 g/mol. The largest absolute Gasteiger partial charge is 0.374 e. The summed E-state index contributed by atoms with van der Waals surface area (Å²) in [5.41, 5.74) is 4.36. The molecule has 3 N–H and O–H groups in total. The Bertz CT molecular complexity index is 834. The molecule has 25 heavy (non-hydrogen) atoms. The van der Waals surface area contributed by atoms with E-state index in [-0.39, 0.29) is 24.5 Å². The fourth-order valence-corrected chi connectivity index (χ4v) is 3.25. The third-order valence-electron chi connectivity index (χ3n) is 4.54. The highest BCUT2D eigenvalue weighted by atomic mass is 16.5. The number of hydrogen-bond acceptors (Lipinski definition) is 4. The first-order valence-corrected chi connectivity index (χ1v) is 8.36. The van der Waals surface area contributed by atoms with Gasteiger partial charge in [0, 0.05) is 12.1 Å². The van der Waals surface area contributed by atoms with E-state index >= 15 is 0 Å². The maximum atomic E-state index is 12.5. The summed E-state index contributed by atoms with van der Waals surface area (Å²) >= 11 is 0. The first-order chi connectivity index (χ1) is 12.2. The summed E-state index contributed by atoms with van der Waals surface area (Å²) in [5.74, 6) is -0.299. The second-order valence-electron chi connectivity index (χ2n) is 6.18. The standard InChI is InChI=1S/C19H19N3O3/c23-18-11-20-15-6-5-13(9-16(15)22-18)19(24)21-10-17-14-4-2-1-3-12(14)7-8-25-17/h1-6,9,17,20H,7-8,10-11H2,(H,21,24)(H,22,23)/t17-/m1/s1. The van der Waals surface area contributed by atoms with E-state index in [0.29, 0.717) is 24.4 Å². The van der Waals surface area contributed by atoms with Gasteiger partial charge in [0.05, 0.1) is 24.5 Å². The van der Waals surface area contributed by atoms with Crippen LogP contribution in [0.15, 0.2) is 42.5 Å². The zero-order valence-electron chi connectivity index (χ0n) is 13.7. The molecule has 2 heterocycles. The van der Waals surface area contributed by atoms with Gasteiger partial charge in [-0.25, -0.2) is 0 Å². The lowest BCUT2D eigenvalue weighted by Crippen LogP contribution is -2.32. The number of benzene rings is 2. The number of fused-ring (bicyclic) bond motifs is 2. The van der Waals surface area contributed by atoms with Crippen LogP contribution < -0.4 is 16.0 Å². The Morgan fingerprint density at radius 2 is 2.08 bits per heavy atom. The highest BCUT2D eigenvalue weighted by molar-refractivity contribution is 6.03. The van der Waals surface area contributed by atoms with Crippen LogP contribution in [-0.4, -0.2) is 31.5 Å². The zero-order valence-corrected chi connectivity index (χ0v) is 13.7. The molecule has 2 aliphatic rings. The van der Waals surface area contributed by atoms with E-state index < -0.39 is 0 Å². The summed E-state index contributed by atoms with van der Waals surface area (Å²) in [6.45, 7) is 1.32. The van der Waals surface area contributed by atoms with Crippen LogP contribution >= 0.6 is 0 Å². The van der Waals surface area contributed by atoms with Gasteiger partial charge in [0.1, 0.15) is 6.10 Å². The van der Waals surface area contributed by atoms with Gasteiger partial charge < -0.3 is 20.7 Å². The normalized spacial score (nSPS) is 18.4. The molecule has 1 atom stereocenters. The summed E-state index contributed by atoms with van der Waals surface area (Å²) in [7, 11) is 0. The Morgan fingerprint density at radius 3 is 3.00 bits per heavy atom. The molecule has 0 fully saturated rings. The maximum Gasteiger partial charge on any atom is 0.251 e. The van der Waals surface area contributed by atoms with Crippen LogP contribution in [0.2, 0.25) is 0 Å². The van der Waals surface area contributed by atoms with Crippen molar-refractivity contribution in [2.24, 2.45) is 0 Å². The van der Waals surface area contributed by atoms with Gasteiger partial charge in [-0.3, -0.25) is 9.59 Å². The summed E-state index contributed by atoms with van der Waals surface area (Å²) in [4.78, 5) is 23.9. The van der Waals surface area contributed by atoms with Gasteiger partial charge in [0.15, 0.2) is 0 Å². The molecule has 6 nitrogen and oxygen atoms in total. The quantitative estimate of drug-likeness (QED) is 0.801. The average Bonchev–Trinajstić information content (AvgIpc) is 2.65. The molecule has 4 rings (SSSR count). The minimum Gasteiger partial charge on any atom is -0.374 e. The molecule has 0 aromatic heterocycles. The number of carbonyl (C=O) groups excluding carboxylic acids is 2. The number of amides is 2. The highest BCUT2D eigenvalue weighted by Crippen LogP contribution is 2.27. The lowest BCUT2D eigenvalue weighted by Gasteiger charge is -2.26. The molecule has 0 saturated heterocycles. The number of nitrogens with one attached hydrogen (secondary N) is 3. The minimum absolute atomic E-state index is 0.114. The molecule has 2 aromatic carbocycles. The van der Waals surface area contributed by atoms with Crippen LogP contribution in [0.25, 0.3) is 0 Å². The lowest BCUT2D eigenvalue weighted by atomic mass is 9.97. The van der Waals surface area contributed by atoms with Crippen molar-refractivity contribution >= 4 is 23.2 Å². The minimum atomic E-state index is -0.186. The molecular formula is C19H19N3O3. The van der Waals surface area contributed by atoms with Crippen LogP contribution in [0, 0.1) is 0 Å². The number of ether oxygens (including phenoxy) is 1. The fraction of sp³-hybridized carbons (Fsp3) is 0.263. The molecule has 0 spiro atoms. The van der Waals surface area contributed by atoms with Gasteiger partial charge >= 0.3 is 0 Å². The number of rotatable bonds is 3. The topological polar surface area (TPSA) is 79.5 Å². The van der Waals surface area contributed by atoms with Gasteiger partial charge in [-0.05, 0) is 35.7 Å². The van der Waals surface area contributed by atoms with E-state index in [0.717, 1.165) is 17.7 Å². The Hall–Kier alpha value is -2.86. The number of carbonyl (C=O) groups is 2. The van der Waals surface area contributed by atoms with Crippen LogP contribution in [0.3, 0.4) is 0 Å². The summed E-state index contributed by atoms with van der Waals surface area (Å²) in [6, 6.07) is 13.4. The van der Waals surface area contributed by atoms with E-state index in [9.17, 15) is 9.59 Å². The second-order valence-corrected chi connectivity index (χ2v) is 6.18. The average molecular weight is 337 g/mol. The first-order valence-electron chi connectivity index (χ1n) is 8.36. The first kappa shape index (κ1) is 15.7. The van der Waals surface area contributed by atoms with Crippen molar-refractivity contribution in [2.75, 3.05) is 30.3 Å². The lowest BCUT2D eigenvalue weighted by molar-refractivity contribution is -0.114. The van der Waals surface area contributed by atoms with Gasteiger partial charge in [0.2, 0.25) is 5.91 Å². The molecular weight excluding hydrogens is 318 g/mol. The SMILES string of the molecule is O=C1CNc2ccc(C(=O)NC[C@H]3OCCc4ccccc43)cc2N1. The number of hydrogen-bond donors (Lipinski definition) is 3. The van der Waals surface area contributed by atoms with Crippen molar-refractivity contribution in [2.45, 2.75) is 12.5 Å². The Labute approximate surface area is 145 Å². The van der Waals surface area contributed by atoms with Crippen molar-refractivity contribution in [3.63, 3.8) is 0 Å². The van der Waals surface area contributed by atoms with E-state index in [2.05, 4.69) is 22.0 Å². The van der Waals surface area contributed by atoms with Crippen molar-refractivity contribution < 1.29 is 14.3 Å². The van der Waals surface area contributed by atoms with Gasteiger partial charge in [-0.1, -0.05) is 24.3 Å². The Morgan fingerprint density at radius 1 is 1.20 bits per heavy atom. The predicted octanol–water partition coefficient (Wildman–Crippen LogP) is 2.09. The maximum absolute atomic E-state index is 12.5.